The molecule has 0 radical (unpaired) electrons. The topological polar surface area (TPSA) is 69.6 Å². The molecule has 0 saturated heterocycles. The van der Waals surface area contributed by atoms with E-state index in [2.05, 4.69) is 5.32 Å². The van der Waals surface area contributed by atoms with Gasteiger partial charge in [0.25, 0.3) is 0 Å². The van der Waals surface area contributed by atoms with Crippen molar-refractivity contribution in [3.63, 3.8) is 0 Å². The number of carbonyl (C=O) groups excluding carboxylic acids is 1. The minimum atomic E-state index is -1.06. The summed E-state index contributed by atoms with van der Waals surface area (Å²) in [5, 5.41) is 11.9. The molecule has 112 valence electrons. The summed E-state index contributed by atoms with van der Waals surface area (Å²) in [6, 6.07) is 10.9. The van der Waals surface area contributed by atoms with E-state index >= 15 is 0 Å². The number of nitrogens with zero attached hydrogens (tertiary/aromatic N) is 1. The Hall–Kier alpha value is -2.89. The van der Waals surface area contributed by atoms with E-state index in [9.17, 15) is 19.1 Å². The van der Waals surface area contributed by atoms with Crippen molar-refractivity contribution in [3.05, 3.63) is 59.9 Å². The van der Waals surface area contributed by atoms with E-state index in [4.69, 9.17) is 0 Å². The number of benzene rings is 2. The van der Waals surface area contributed by atoms with Crippen molar-refractivity contribution in [1.82, 2.24) is 0 Å². The lowest BCUT2D eigenvalue weighted by molar-refractivity contribution is -0.138. The van der Waals surface area contributed by atoms with Gasteiger partial charge in [0.2, 0.25) is 0 Å². The molecule has 0 aromatic heterocycles. The molecule has 1 atom stereocenters. The van der Waals surface area contributed by atoms with E-state index in [1.807, 2.05) is 0 Å². The fraction of sp³-hybridized carbons (Fsp3) is 0.125. The highest BCUT2D eigenvalue weighted by molar-refractivity contribution is 6.07. The second-order valence-electron chi connectivity index (χ2n) is 4.99. The third-order valence-electron chi connectivity index (χ3n) is 3.58. The molecule has 6 heteroatoms. The summed E-state index contributed by atoms with van der Waals surface area (Å²) in [6.45, 7) is 0. The lowest BCUT2D eigenvalue weighted by Gasteiger charge is -2.23. The number of carbonyl (C=O) groups is 2. The third kappa shape index (κ3) is 2.50. The van der Waals surface area contributed by atoms with Gasteiger partial charge in [0.05, 0.1) is 0 Å². The summed E-state index contributed by atoms with van der Waals surface area (Å²) in [5.41, 5.74) is 1.79. The van der Waals surface area contributed by atoms with Gasteiger partial charge in [-0.3, -0.25) is 4.90 Å². The Balaban J connectivity index is 1.88. The standard InChI is InChI=1S/C16H13FN2O3/c17-11-5-7-12(8-6-11)18-16(22)19-13-4-2-1-3-10(13)9-14(19)15(20)21/h1-8,14H,9H2,(H,18,22)(H,20,21). The first kappa shape index (κ1) is 14.1. The minimum absolute atomic E-state index is 0.266. The predicted molar refractivity (Wildman–Crippen MR) is 79.5 cm³/mol. The number of carboxylic acid groups (broad SMARTS) is 1. The van der Waals surface area contributed by atoms with Crippen LogP contribution in [0.3, 0.4) is 0 Å². The number of hydrogen-bond acceptors (Lipinski definition) is 2. The van der Waals surface area contributed by atoms with Gasteiger partial charge in [-0.25, -0.2) is 14.0 Å². The molecule has 1 heterocycles. The molecule has 5 nitrogen and oxygen atoms in total. The van der Waals surface area contributed by atoms with Crippen LogP contribution in [0.5, 0.6) is 0 Å². The Bertz CT molecular complexity index is 730. The van der Waals surface area contributed by atoms with E-state index in [0.717, 1.165) is 5.56 Å². The van der Waals surface area contributed by atoms with E-state index in [0.29, 0.717) is 11.4 Å². The van der Waals surface area contributed by atoms with Crippen molar-refractivity contribution < 1.29 is 19.1 Å². The van der Waals surface area contributed by atoms with Crippen LogP contribution in [0.15, 0.2) is 48.5 Å². The van der Waals surface area contributed by atoms with Crippen molar-refractivity contribution in [3.8, 4) is 0 Å². The first-order valence-electron chi connectivity index (χ1n) is 6.73. The summed E-state index contributed by atoms with van der Waals surface area (Å²) >= 11 is 0. The number of hydrogen-bond donors (Lipinski definition) is 2. The van der Waals surface area contributed by atoms with Crippen LogP contribution in [-0.4, -0.2) is 23.1 Å². The smallest absolute Gasteiger partial charge is 0.327 e. The summed E-state index contributed by atoms with van der Waals surface area (Å²) in [4.78, 5) is 25.1. The molecule has 0 bridgehead atoms. The average molecular weight is 300 g/mol. The minimum Gasteiger partial charge on any atom is -0.480 e. The quantitative estimate of drug-likeness (QED) is 0.896. The molecule has 0 aliphatic carbocycles. The molecule has 0 saturated carbocycles. The van der Waals surface area contributed by atoms with Gasteiger partial charge in [0, 0.05) is 17.8 Å². The number of anilines is 2. The van der Waals surface area contributed by atoms with Crippen molar-refractivity contribution in [2.24, 2.45) is 0 Å². The molecule has 2 amide bonds. The van der Waals surface area contributed by atoms with Gasteiger partial charge >= 0.3 is 12.0 Å². The van der Waals surface area contributed by atoms with Crippen LogP contribution in [0.2, 0.25) is 0 Å². The van der Waals surface area contributed by atoms with E-state index in [-0.39, 0.29) is 6.42 Å². The van der Waals surface area contributed by atoms with Gasteiger partial charge in [-0.1, -0.05) is 18.2 Å². The van der Waals surface area contributed by atoms with Gasteiger partial charge in [-0.15, -0.1) is 0 Å². The Labute approximate surface area is 126 Å². The highest BCUT2D eigenvalue weighted by atomic mass is 19.1. The highest BCUT2D eigenvalue weighted by Crippen LogP contribution is 2.32. The van der Waals surface area contributed by atoms with Crippen LogP contribution in [0.4, 0.5) is 20.6 Å². The van der Waals surface area contributed by atoms with E-state index < -0.39 is 23.9 Å². The molecule has 1 unspecified atom stereocenters. The molecule has 0 spiro atoms. The Morgan fingerprint density at radius 2 is 1.82 bits per heavy atom. The van der Waals surface area contributed by atoms with Crippen LogP contribution in [0, 0.1) is 5.82 Å². The summed E-state index contributed by atoms with van der Waals surface area (Å²) in [6.07, 6.45) is 0.266. The van der Waals surface area contributed by atoms with E-state index in [1.165, 1.54) is 29.2 Å². The molecule has 1 aliphatic rings. The summed E-state index contributed by atoms with van der Waals surface area (Å²) in [5.74, 6) is -1.47. The van der Waals surface area contributed by atoms with Gasteiger partial charge in [-0.2, -0.15) is 0 Å². The van der Waals surface area contributed by atoms with Gasteiger partial charge in [0.1, 0.15) is 11.9 Å². The van der Waals surface area contributed by atoms with Crippen LogP contribution in [-0.2, 0) is 11.2 Å². The van der Waals surface area contributed by atoms with Crippen molar-refractivity contribution in [2.45, 2.75) is 12.5 Å². The van der Waals surface area contributed by atoms with Crippen molar-refractivity contribution >= 4 is 23.4 Å². The number of nitrogens with one attached hydrogen (secondary N) is 1. The van der Waals surface area contributed by atoms with Gasteiger partial charge in [0.15, 0.2) is 0 Å². The van der Waals surface area contributed by atoms with E-state index in [1.54, 1.807) is 24.3 Å². The maximum absolute atomic E-state index is 12.9. The van der Waals surface area contributed by atoms with Crippen molar-refractivity contribution in [2.75, 3.05) is 10.2 Å². The Morgan fingerprint density at radius 1 is 1.14 bits per heavy atom. The van der Waals surface area contributed by atoms with Gasteiger partial charge in [-0.05, 0) is 35.9 Å². The number of amides is 2. The monoisotopic (exact) mass is 300 g/mol. The molecule has 2 aromatic carbocycles. The zero-order valence-electron chi connectivity index (χ0n) is 11.5. The van der Waals surface area contributed by atoms with Crippen molar-refractivity contribution in [1.29, 1.82) is 0 Å². The molecule has 2 aromatic rings. The lowest BCUT2D eigenvalue weighted by atomic mass is 10.1. The lowest BCUT2D eigenvalue weighted by Crippen LogP contribution is -2.45. The average Bonchev–Trinajstić information content (AvgIpc) is 2.89. The second-order valence-corrected chi connectivity index (χ2v) is 4.99. The fourth-order valence-electron chi connectivity index (χ4n) is 2.55. The number of rotatable bonds is 2. The van der Waals surface area contributed by atoms with Crippen LogP contribution >= 0.6 is 0 Å². The number of urea groups is 1. The first-order chi connectivity index (χ1) is 10.6. The second kappa shape index (κ2) is 5.48. The molecule has 22 heavy (non-hydrogen) atoms. The molecule has 2 N–H and O–H groups in total. The number of aliphatic carboxylic acids is 1. The van der Waals surface area contributed by atoms with Crippen LogP contribution in [0.25, 0.3) is 0 Å². The molecule has 0 fully saturated rings. The van der Waals surface area contributed by atoms with Gasteiger partial charge < -0.3 is 10.4 Å². The largest absolute Gasteiger partial charge is 0.480 e. The zero-order chi connectivity index (χ0) is 15.7. The number of fused-ring (bicyclic) bond motifs is 1. The maximum atomic E-state index is 12.9. The molecular formula is C16H13FN2O3. The SMILES string of the molecule is O=C(O)C1Cc2ccccc2N1C(=O)Nc1ccc(F)cc1. The fourth-order valence-corrected chi connectivity index (χ4v) is 2.55. The van der Waals surface area contributed by atoms with Crippen LogP contribution < -0.4 is 10.2 Å². The summed E-state index contributed by atoms with van der Waals surface area (Å²) < 4.78 is 12.9. The number of carboxylic acids is 1. The Kier molecular flexibility index (Phi) is 3.50. The summed E-state index contributed by atoms with van der Waals surface area (Å²) in [7, 11) is 0. The molecular weight excluding hydrogens is 287 g/mol. The predicted octanol–water partition coefficient (Wildman–Crippen LogP) is 2.87. The maximum Gasteiger partial charge on any atom is 0.327 e. The molecule has 1 aliphatic heterocycles. The molecule has 3 rings (SSSR count). The number of halogens is 1. The first-order valence-corrected chi connectivity index (χ1v) is 6.73. The normalized spacial score (nSPS) is 16.2. The van der Waals surface area contributed by atoms with Crippen LogP contribution in [0.1, 0.15) is 5.56 Å². The zero-order valence-corrected chi connectivity index (χ0v) is 11.5. The number of para-hydroxylation sites is 1. The Morgan fingerprint density at radius 3 is 2.50 bits per heavy atom. The highest BCUT2D eigenvalue weighted by Gasteiger charge is 2.38. The third-order valence-corrected chi connectivity index (χ3v) is 3.58.